The van der Waals surface area contributed by atoms with Crippen LogP contribution in [0.3, 0.4) is 0 Å². The number of fused-ring (bicyclic) bond motifs is 1. The molecule has 1 aromatic heterocycles. The van der Waals surface area contributed by atoms with Crippen LogP contribution in [0.5, 0.6) is 0 Å². The van der Waals surface area contributed by atoms with Gasteiger partial charge in [0.05, 0.1) is 11.1 Å². The first-order valence-corrected chi connectivity index (χ1v) is 12.5. The molecule has 1 saturated heterocycles. The van der Waals surface area contributed by atoms with Crippen LogP contribution in [0.1, 0.15) is 52.1 Å². The Labute approximate surface area is 227 Å². The fourth-order valence-corrected chi connectivity index (χ4v) is 4.54. The van der Waals surface area contributed by atoms with Crippen LogP contribution in [0.2, 0.25) is 0 Å². The number of nitrogens with zero attached hydrogens (tertiary/aromatic N) is 3. The van der Waals surface area contributed by atoms with E-state index < -0.39 is 41.7 Å². The minimum Gasteiger partial charge on any atom is -0.334 e. The monoisotopic (exact) mass is 543 g/mol. The minimum atomic E-state index is -1.05. The molecule has 13 nitrogen and oxygen atoms in total. The molecular weight excluding hydrogens is 518 g/mol. The van der Waals surface area contributed by atoms with Gasteiger partial charge in [0.15, 0.2) is 0 Å². The molecule has 0 spiro atoms. The number of hydrogen-bond acceptors (Lipinski definition) is 7. The molecule has 13 heteroatoms. The van der Waals surface area contributed by atoms with Gasteiger partial charge in [-0.3, -0.25) is 38.9 Å². The third-order valence-electron chi connectivity index (χ3n) is 6.65. The topological polar surface area (TPSA) is 172 Å². The predicted octanol–water partition coefficient (Wildman–Crippen LogP) is 1.81. The summed E-state index contributed by atoms with van der Waals surface area (Å²) in [5.41, 5.74) is 1.78. The van der Waals surface area contributed by atoms with E-state index in [9.17, 15) is 28.8 Å². The van der Waals surface area contributed by atoms with Gasteiger partial charge in [-0.05, 0) is 55.3 Å². The zero-order chi connectivity index (χ0) is 28.4. The van der Waals surface area contributed by atoms with E-state index in [1.807, 2.05) is 0 Å². The Morgan fingerprint density at radius 1 is 1.00 bits per heavy atom. The largest absolute Gasteiger partial charge is 0.334 e. The summed E-state index contributed by atoms with van der Waals surface area (Å²) in [5, 5.41) is 14.4. The van der Waals surface area contributed by atoms with Gasteiger partial charge >= 0.3 is 6.03 Å². The summed E-state index contributed by atoms with van der Waals surface area (Å²) in [6.45, 7) is 1.77. The zero-order valence-corrected chi connectivity index (χ0v) is 21.3. The molecule has 7 amide bonds. The molecule has 0 bridgehead atoms. The van der Waals surface area contributed by atoms with Gasteiger partial charge in [-0.15, -0.1) is 0 Å². The van der Waals surface area contributed by atoms with Crippen molar-refractivity contribution in [1.82, 2.24) is 25.3 Å². The number of amides is 7. The number of urea groups is 1. The second-order valence-electron chi connectivity index (χ2n) is 9.37. The van der Waals surface area contributed by atoms with E-state index in [4.69, 9.17) is 0 Å². The highest BCUT2D eigenvalue weighted by atomic mass is 16.2. The van der Waals surface area contributed by atoms with Crippen molar-refractivity contribution < 1.29 is 28.8 Å². The molecule has 3 aromatic rings. The highest BCUT2D eigenvalue weighted by Crippen LogP contribution is 2.28. The van der Waals surface area contributed by atoms with Crippen molar-refractivity contribution in [3.8, 4) is 0 Å². The number of benzene rings is 2. The summed E-state index contributed by atoms with van der Waals surface area (Å²) in [4.78, 5) is 75.4. The maximum absolute atomic E-state index is 13.0. The molecule has 3 heterocycles. The third kappa shape index (κ3) is 5.29. The summed E-state index contributed by atoms with van der Waals surface area (Å²) >= 11 is 0. The Morgan fingerprint density at radius 2 is 1.75 bits per heavy atom. The highest BCUT2D eigenvalue weighted by molar-refractivity contribution is 6.23. The van der Waals surface area contributed by atoms with E-state index in [2.05, 4.69) is 26.4 Å². The van der Waals surface area contributed by atoms with Crippen LogP contribution in [0.25, 0.3) is 0 Å². The van der Waals surface area contributed by atoms with Gasteiger partial charge in [-0.2, -0.15) is 5.10 Å². The Morgan fingerprint density at radius 3 is 2.48 bits per heavy atom. The highest BCUT2D eigenvalue weighted by Gasteiger charge is 2.44. The number of imide groups is 2. The van der Waals surface area contributed by atoms with Gasteiger partial charge in [0.25, 0.3) is 11.8 Å². The van der Waals surface area contributed by atoms with E-state index in [-0.39, 0.29) is 36.4 Å². The van der Waals surface area contributed by atoms with Crippen molar-refractivity contribution in [1.29, 1.82) is 0 Å². The number of aromatic nitrogens is 2. The van der Waals surface area contributed by atoms with E-state index in [1.165, 1.54) is 16.8 Å². The van der Waals surface area contributed by atoms with Crippen molar-refractivity contribution in [3.05, 3.63) is 77.6 Å². The van der Waals surface area contributed by atoms with Crippen LogP contribution in [-0.2, 0) is 20.9 Å². The molecule has 2 atom stereocenters. The third-order valence-corrected chi connectivity index (χ3v) is 6.65. The molecule has 0 saturated carbocycles. The predicted molar refractivity (Wildman–Crippen MR) is 141 cm³/mol. The lowest BCUT2D eigenvalue weighted by molar-refractivity contribution is -0.136. The lowest BCUT2D eigenvalue weighted by Gasteiger charge is -2.27. The van der Waals surface area contributed by atoms with E-state index in [0.29, 0.717) is 16.9 Å². The normalized spacial score (nSPS) is 17.2. The number of carbonyl (C=O) groups excluding carboxylic acids is 6. The number of piperidine rings is 1. The van der Waals surface area contributed by atoms with Gasteiger partial charge in [-0.25, -0.2) is 4.79 Å². The van der Waals surface area contributed by atoms with Gasteiger partial charge in [0, 0.05) is 36.7 Å². The fourth-order valence-electron chi connectivity index (χ4n) is 4.54. The van der Waals surface area contributed by atoms with E-state index in [1.54, 1.807) is 55.7 Å². The molecule has 5 rings (SSSR count). The molecule has 4 N–H and O–H groups in total. The Hall–Kier alpha value is -5.33. The number of hydrogen-bond donors (Lipinski definition) is 4. The molecule has 0 aliphatic carbocycles. The first-order chi connectivity index (χ1) is 19.2. The van der Waals surface area contributed by atoms with Gasteiger partial charge in [0.2, 0.25) is 17.7 Å². The van der Waals surface area contributed by atoms with Crippen LogP contribution in [-0.4, -0.2) is 56.3 Å². The first kappa shape index (κ1) is 26.3. The molecule has 204 valence electrons. The first-order valence-electron chi connectivity index (χ1n) is 12.5. The van der Waals surface area contributed by atoms with E-state index in [0.717, 1.165) is 4.90 Å². The average molecular weight is 544 g/mol. The second kappa shape index (κ2) is 10.8. The molecule has 2 unspecified atom stereocenters. The second-order valence-corrected chi connectivity index (χ2v) is 9.37. The van der Waals surface area contributed by atoms with E-state index >= 15 is 0 Å². The Bertz CT molecular complexity index is 1530. The number of anilines is 2. The van der Waals surface area contributed by atoms with Crippen molar-refractivity contribution in [2.24, 2.45) is 0 Å². The van der Waals surface area contributed by atoms with Crippen LogP contribution in [0.15, 0.2) is 60.9 Å². The fraction of sp³-hybridized carbons (Fsp3) is 0.222. The maximum Gasteiger partial charge on any atom is 0.319 e. The molecule has 0 radical (unpaired) electrons. The van der Waals surface area contributed by atoms with Crippen molar-refractivity contribution in [2.45, 2.75) is 38.4 Å². The van der Waals surface area contributed by atoms with Crippen LogP contribution >= 0.6 is 0 Å². The standard InChI is InChI=1S/C27H25N7O6/c1-15(33-11-3-10-29-33)23(36)30-17-4-2-5-18(13-17)31-27(40)28-14-16-6-7-19-20(12-16)26(39)34(25(19)38)21-8-9-22(35)32-24(21)37/h2-7,10-13,15,21H,8-9,14H2,1H3,(H,30,36)(H2,28,31,40)(H,32,35,37). The van der Waals surface area contributed by atoms with Crippen molar-refractivity contribution in [3.63, 3.8) is 0 Å². The molecule has 2 aliphatic heterocycles. The lowest BCUT2D eigenvalue weighted by Crippen LogP contribution is -2.54. The summed E-state index contributed by atoms with van der Waals surface area (Å²) in [6, 6.07) is 10.9. The molecule has 1 fully saturated rings. The quantitative estimate of drug-likeness (QED) is 0.329. The Balaban J connectivity index is 1.18. The van der Waals surface area contributed by atoms with Crippen molar-refractivity contribution in [2.75, 3.05) is 10.6 Å². The number of carbonyl (C=O) groups is 6. The van der Waals surface area contributed by atoms with Crippen LogP contribution in [0, 0.1) is 0 Å². The SMILES string of the molecule is CC(C(=O)Nc1cccc(NC(=O)NCc2ccc3c(c2)C(=O)N(C2CCC(=O)NC2=O)C3=O)c1)n1cccn1. The average Bonchev–Trinajstić information content (AvgIpc) is 3.55. The van der Waals surface area contributed by atoms with Crippen molar-refractivity contribution >= 4 is 46.9 Å². The summed E-state index contributed by atoms with van der Waals surface area (Å²) < 4.78 is 1.53. The van der Waals surface area contributed by atoms with Crippen LogP contribution in [0.4, 0.5) is 16.2 Å². The minimum absolute atomic E-state index is 0.0355. The lowest BCUT2D eigenvalue weighted by atomic mass is 10.0. The number of nitrogens with one attached hydrogen (secondary N) is 4. The maximum atomic E-state index is 13.0. The smallest absolute Gasteiger partial charge is 0.319 e. The summed E-state index contributed by atoms with van der Waals surface area (Å²) in [5.74, 6) is -2.62. The summed E-state index contributed by atoms with van der Waals surface area (Å²) in [7, 11) is 0. The molecule has 40 heavy (non-hydrogen) atoms. The number of rotatable bonds is 7. The van der Waals surface area contributed by atoms with Gasteiger partial charge in [0.1, 0.15) is 12.1 Å². The molecular formula is C27H25N7O6. The summed E-state index contributed by atoms with van der Waals surface area (Å²) in [6.07, 6.45) is 3.38. The molecule has 2 aromatic carbocycles. The van der Waals surface area contributed by atoms with Crippen LogP contribution < -0.4 is 21.3 Å². The van der Waals surface area contributed by atoms with Gasteiger partial charge in [-0.1, -0.05) is 12.1 Å². The zero-order valence-electron chi connectivity index (χ0n) is 21.3. The molecule has 2 aliphatic rings. The van der Waals surface area contributed by atoms with Gasteiger partial charge < -0.3 is 16.0 Å². The Kier molecular flexibility index (Phi) is 7.10.